The number of tetrazole rings is 1. The molecule has 0 fully saturated rings. The number of aromatic nitrogens is 4. The summed E-state index contributed by atoms with van der Waals surface area (Å²) >= 11 is 0. The van der Waals surface area contributed by atoms with E-state index in [9.17, 15) is 0 Å². The van der Waals surface area contributed by atoms with E-state index in [0.29, 0.717) is 12.5 Å². The van der Waals surface area contributed by atoms with Gasteiger partial charge in [-0.05, 0) is 23.1 Å². The molecular formula is C9H19N5. The van der Waals surface area contributed by atoms with Crippen molar-refractivity contribution in [1.29, 1.82) is 0 Å². The lowest BCUT2D eigenvalue weighted by Gasteiger charge is -2.28. The molecule has 1 aromatic rings. The van der Waals surface area contributed by atoms with Crippen LogP contribution in [-0.4, -0.2) is 26.8 Å². The molecule has 1 atom stereocenters. The number of aryl methyl sites for hydroxylation is 1. The minimum atomic E-state index is 0.188. The fourth-order valence-corrected chi connectivity index (χ4v) is 1.37. The van der Waals surface area contributed by atoms with Gasteiger partial charge < -0.3 is 5.73 Å². The van der Waals surface area contributed by atoms with Gasteiger partial charge in [0.25, 0.3) is 0 Å². The Labute approximate surface area is 84.7 Å². The molecule has 0 saturated heterocycles. The van der Waals surface area contributed by atoms with E-state index in [1.165, 1.54) is 4.80 Å². The summed E-state index contributed by atoms with van der Waals surface area (Å²) in [5, 5.41) is 11.9. The molecule has 80 valence electrons. The van der Waals surface area contributed by atoms with Gasteiger partial charge in [0.15, 0.2) is 5.82 Å². The zero-order chi connectivity index (χ0) is 10.8. The van der Waals surface area contributed by atoms with Gasteiger partial charge in [-0.25, -0.2) is 0 Å². The predicted molar refractivity (Wildman–Crippen MR) is 54.5 cm³/mol. The Morgan fingerprint density at radius 3 is 2.43 bits per heavy atom. The molecule has 14 heavy (non-hydrogen) atoms. The number of rotatable bonds is 3. The Bertz CT molecular complexity index is 286. The number of hydrogen-bond acceptors (Lipinski definition) is 4. The molecule has 0 aliphatic carbocycles. The molecular weight excluding hydrogens is 178 g/mol. The van der Waals surface area contributed by atoms with Crippen LogP contribution in [0.2, 0.25) is 0 Å². The highest BCUT2D eigenvalue weighted by Crippen LogP contribution is 2.26. The zero-order valence-corrected chi connectivity index (χ0v) is 9.36. The minimum Gasteiger partial charge on any atom is -0.330 e. The van der Waals surface area contributed by atoms with E-state index < -0.39 is 0 Å². The third-order valence-electron chi connectivity index (χ3n) is 2.49. The van der Waals surface area contributed by atoms with E-state index in [4.69, 9.17) is 5.73 Å². The van der Waals surface area contributed by atoms with Crippen LogP contribution >= 0.6 is 0 Å². The Balaban J connectivity index is 2.66. The third kappa shape index (κ3) is 2.77. The predicted octanol–water partition coefficient (Wildman–Crippen LogP) is 0.374. The summed E-state index contributed by atoms with van der Waals surface area (Å²) in [7, 11) is 1.77. The second-order valence-electron chi connectivity index (χ2n) is 4.70. The van der Waals surface area contributed by atoms with Gasteiger partial charge in [0.1, 0.15) is 0 Å². The molecule has 0 aromatic carbocycles. The quantitative estimate of drug-likeness (QED) is 0.760. The van der Waals surface area contributed by atoms with Gasteiger partial charge in [0.05, 0.1) is 7.05 Å². The van der Waals surface area contributed by atoms with Gasteiger partial charge in [0.2, 0.25) is 0 Å². The van der Waals surface area contributed by atoms with Gasteiger partial charge in [0, 0.05) is 6.42 Å². The van der Waals surface area contributed by atoms with Crippen LogP contribution in [0.4, 0.5) is 0 Å². The Morgan fingerprint density at radius 1 is 1.43 bits per heavy atom. The molecule has 0 saturated carbocycles. The van der Waals surface area contributed by atoms with Gasteiger partial charge in [-0.15, -0.1) is 10.2 Å². The molecule has 0 radical (unpaired) electrons. The number of hydrogen-bond donors (Lipinski definition) is 1. The molecule has 0 spiro atoms. The molecule has 0 aliphatic rings. The maximum atomic E-state index is 5.73. The second-order valence-corrected chi connectivity index (χ2v) is 4.70. The molecule has 2 N–H and O–H groups in total. The van der Waals surface area contributed by atoms with Crippen LogP contribution in [0, 0.1) is 11.3 Å². The molecule has 0 bridgehead atoms. The van der Waals surface area contributed by atoms with Crippen molar-refractivity contribution >= 4 is 0 Å². The van der Waals surface area contributed by atoms with Crippen molar-refractivity contribution in [2.75, 3.05) is 6.54 Å². The lowest BCUT2D eigenvalue weighted by molar-refractivity contribution is 0.242. The van der Waals surface area contributed by atoms with Crippen LogP contribution in [0.5, 0.6) is 0 Å². The van der Waals surface area contributed by atoms with E-state index in [0.717, 1.165) is 12.2 Å². The average molecular weight is 197 g/mol. The standard InChI is InChI=1S/C9H19N5/c1-9(2,3)7(6-10)5-8-11-13-14(4)12-8/h7H,5-6,10H2,1-4H3. The first kappa shape index (κ1) is 11.1. The molecule has 1 aromatic heterocycles. The van der Waals surface area contributed by atoms with Crippen LogP contribution < -0.4 is 5.73 Å². The van der Waals surface area contributed by atoms with E-state index in [2.05, 4.69) is 36.2 Å². The van der Waals surface area contributed by atoms with E-state index in [1.807, 2.05) is 0 Å². The molecule has 5 heteroatoms. The van der Waals surface area contributed by atoms with Crippen LogP contribution in [0.1, 0.15) is 26.6 Å². The minimum absolute atomic E-state index is 0.188. The van der Waals surface area contributed by atoms with Crippen LogP contribution in [0.25, 0.3) is 0 Å². The summed E-state index contributed by atoms with van der Waals surface area (Å²) in [4.78, 5) is 1.48. The summed E-state index contributed by atoms with van der Waals surface area (Å²) in [6.07, 6.45) is 0.799. The van der Waals surface area contributed by atoms with Crippen molar-refractivity contribution in [3.63, 3.8) is 0 Å². The summed E-state index contributed by atoms with van der Waals surface area (Å²) < 4.78 is 0. The lowest BCUT2D eigenvalue weighted by Crippen LogP contribution is -2.30. The second kappa shape index (κ2) is 4.04. The van der Waals surface area contributed by atoms with Crippen LogP contribution in [-0.2, 0) is 13.5 Å². The third-order valence-corrected chi connectivity index (χ3v) is 2.49. The SMILES string of the molecule is Cn1nnc(CC(CN)C(C)(C)C)n1. The summed E-state index contributed by atoms with van der Waals surface area (Å²) in [5.41, 5.74) is 5.92. The Morgan fingerprint density at radius 2 is 2.07 bits per heavy atom. The summed E-state index contributed by atoms with van der Waals surface area (Å²) in [6.45, 7) is 7.20. The first-order valence-corrected chi connectivity index (χ1v) is 4.86. The van der Waals surface area contributed by atoms with Gasteiger partial charge >= 0.3 is 0 Å². The molecule has 0 aliphatic heterocycles. The van der Waals surface area contributed by atoms with Gasteiger partial charge in [-0.2, -0.15) is 4.80 Å². The van der Waals surface area contributed by atoms with Crippen molar-refractivity contribution in [2.24, 2.45) is 24.1 Å². The highest BCUT2D eigenvalue weighted by atomic mass is 15.6. The molecule has 5 nitrogen and oxygen atoms in total. The van der Waals surface area contributed by atoms with Crippen LogP contribution in [0.3, 0.4) is 0 Å². The number of nitrogens with two attached hydrogens (primary N) is 1. The van der Waals surface area contributed by atoms with Crippen molar-refractivity contribution in [3.05, 3.63) is 5.82 Å². The van der Waals surface area contributed by atoms with E-state index >= 15 is 0 Å². The fraction of sp³-hybridized carbons (Fsp3) is 0.889. The molecule has 1 heterocycles. The molecule has 0 amide bonds. The lowest BCUT2D eigenvalue weighted by atomic mass is 9.79. The topological polar surface area (TPSA) is 69.6 Å². The first-order valence-electron chi connectivity index (χ1n) is 4.86. The van der Waals surface area contributed by atoms with Crippen molar-refractivity contribution < 1.29 is 0 Å². The van der Waals surface area contributed by atoms with Gasteiger partial charge in [-0.3, -0.25) is 0 Å². The van der Waals surface area contributed by atoms with Gasteiger partial charge in [-0.1, -0.05) is 20.8 Å². The molecule has 1 rings (SSSR count). The molecule has 1 unspecified atom stereocenters. The summed E-state index contributed by atoms with van der Waals surface area (Å²) in [6, 6.07) is 0. The maximum absolute atomic E-state index is 5.73. The first-order chi connectivity index (χ1) is 6.43. The number of nitrogens with zero attached hydrogens (tertiary/aromatic N) is 4. The Hall–Kier alpha value is -0.970. The smallest absolute Gasteiger partial charge is 0.175 e. The van der Waals surface area contributed by atoms with Crippen molar-refractivity contribution in [1.82, 2.24) is 20.2 Å². The van der Waals surface area contributed by atoms with Crippen molar-refractivity contribution in [2.45, 2.75) is 27.2 Å². The average Bonchev–Trinajstić information content (AvgIpc) is 2.45. The van der Waals surface area contributed by atoms with Crippen molar-refractivity contribution in [3.8, 4) is 0 Å². The maximum Gasteiger partial charge on any atom is 0.175 e. The van der Waals surface area contributed by atoms with Crippen LogP contribution in [0.15, 0.2) is 0 Å². The summed E-state index contributed by atoms with van der Waals surface area (Å²) in [5.74, 6) is 1.17. The highest BCUT2D eigenvalue weighted by Gasteiger charge is 2.24. The zero-order valence-electron chi connectivity index (χ0n) is 9.36. The largest absolute Gasteiger partial charge is 0.330 e. The van der Waals surface area contributed by atoms with E-state index in [-0.39, 0.29) is 5.41 Å². The fourth-order valence-electron chi connectivity index (χ4n) is 1.37. The highest BCUT2D eigenvalue weighted by molar-refractivity contribution is 4.86. The Kier molecular flexibility index (Phi) is 3.21. The monoisotopic (exact) mass is 197 g/mol. The normalized spacial score (nSPS) is 14.4. The van der Waals surface area contributed by atoms with E-state index in [1.54, 1.807) is 7.05 Å².